The summed E-state index contributed by atoms with van der Waals surface area (Å²) in [5, 5.41) is 12.3. The number of anilines is 1. The second-order valence-electron chi connectivity index (χ2n) is 5.92. The van der Waals surface area contributed by atoms with Crippen LogP contribution in [-0.4, -0.2) is 35.2 Å². The van der Waals surface area contributed by atoms with Crippen LogP contribution in [-0.2, 0) is 6.54 Å². The number of hydrogen-bond acceptors (Lipinski definition) is 4. The Morgan fingerprint density at radius 3 is 2.62 bits per heavy atom. The summed E-state index contributed by atoms with van der Waals surface area (Å²) in [6.45, 7) is 1.56. The highest BCUT2D eigenvalue weighted by molar-refractivity contribution is 5.93. The van der Waals surface area contributed by atoms with Gasteiger partial charge < -0.3 is 15.3 Å². The lowest BCUT2D eigenvalue weighted by Gasteiger charge is -2.31. The number of carbonyl (C=O) groups is 1. The molecule has 0 saturated carbocycles. The van der Waals surface area contributed by atoms with Crippen molar-refractivity contribution >= 4 is 11.6 Å². The molecule has 0 aliphatic carbocycles. The molecule has 0 unspecified atom stereocenters. The topological polar surface area (TPSA) is 65.5 Å². The van der Waals surface area contributed by atoms with Crippen molar-refractivity contribution in [3.8, 4) is 0 Å². The Kier molecular flexibility index (Phi) is 5.05. The van der Waals surface area contributed by atoms with E-state index in [2.05, 4.69) is 10.3 Å². The molecule has 1 saturated heterocycles. The van der Waals surface area contributed by atoms with Gasteiger partial charge in [0.25, 0.3) is 5.91 Å². The van der Waals surface area contributed by atoms with E-state index in [1.54, 1.807) is 30.6 Å². The molecule has 0 atom stereocenters. The van der Waals surface area contributed by atoms with E-state index in [0.29, 0.717) is 42.7 Å². The van der Waals surface area contributed by atoms with E-state index in [9.17, 15) is 14.3 Å². The number of halogens is 1. The molecule has 6 heteroatoms. The SMILES string of the molecule is O=C(NCc1ccc(N2CCC(O)CC2)c(F)c1)c1ccncc1. The normalized spacial score (nSPS) is 15.3. The molecule has 0 spiro atoms. The average molecular weight is 329 g/mol. The van der Waals surface area contributed by atoms with Crippen LogP contribution >= 0.6 is 0 Å². The predicted octanol–water partition coefficient (Wildman–Crippen LogP) is 2.11. The molecule has 0 radical (unpaired) electrons. The van der Waals surface area contributed by atoms with Crippen LogP contribution in [0.3, 0.4) is 0 Å². The molecule has 0 bridgehead atoms. The van der Waals surface area contributed by atoms with Gasteiger partial charge in [0.1, 0.15) is 5.82 Å². The Labute approximate surface area is 140 Å². The number of aliphatic hydroxyl groups excluding tert-OH is 1. The van der Waals surface area contributed by atoms with Crippen molar-refractivity contribution in [1.82, 2.24) is 10.3 Å². The third-order valence-electron chi connectivity index (χ3n) is 4.21. The first-order valence-electron chi connectivity index (χ1n) is 8.03. The molecule has 126 valence electrons. The maximum Gasteiger partial charge on any atom is 0.251 e. The number of aliphatic hydroxyl groups is 1. The Bertz CT molecular complexity index is 701. The van der Waals surface area contributed by atoms with Gasteiger partial charge in [-0.05, 0) is 42.7 Å². The molecule has 1 fully saturated rings. The molecule has 5 nitrogen and oxygen atoms in total. The number of nitrogens with zero attached hydrogens (tertiary/aromatic N) is 2. The molecule has 1 aromatic carbocycles. The van der Waals surface area contributed by atoms with Gasteiger partial charge in [-0.15, -0.1) is 0 Å². The van der Waals surface area contributed by atoms with Gasteiger partial charge in [-0.2, -0.15) is 0 Å². The highest BCUT2D eigenvalue weighted by Gasteiger charge is 2.19. The number of nitrogens with one attached hydrogen (secondary N) is 1. The molecule has 2 aromatic rings. The third-order valence-corrected chi connectivity index (χ3v) is 4.21. The van der Waals surface area contributed by atoms with E-state index in [-0.39, 0.29) is 24.4 Å². The fourth-order valence-electron chi connectivity index (χ4n) is 2.81. The third kappa shape index (κ3) is 3.89. The van der Waals surface area contributed by atoms with E-state index in [1.165, 1.54) is 6.07 Å². The molecule has 24 heavy (non-hydrogen) atoms. The number of carbonyl (C=O) groups excluding carboxylic acids is 1. The van der Waals surface area contributed by atoms with Crippen LogP contribution in [0.15, 0.2) is 42.7 Å². The lowest BCUT2D eigenvalue weighted by atomic mass is 10.1. The molecular weight excluding hydrogens is 309 g/mol. The number of aromatic nitrogens is 1. The first-order valence-corrected chi connectivity index (χ1v) is 8.03. The second-order valence-corrected chi connectivity index (χ2v) is 5.92. The van der Waals surface area contributed by atoms with Crippen LogP contribution in [0.4, 0.5) is 10.1 Å². The molecule has 1 aliphatic heterocycles. The first-order chi connectivity index (χ1) is 11.6. The fraction of sp³-hybridized carbons (Fsp3) is 0.333. The van der Waals surface area contributed by atoms with Crippen molar-refractivity contribution in [2.24, 2.45) is 0 Å². The minimum absolute atomic E-state index is 0.216. The van der Waals surface area contributed by atoms with Gasteiger partial charge in [0.15, 0.2) is 0 Å². The van der Waals surface area contributed by atoms with E-state index in [1.807, 2.05) is 11.0 Å². The quantitative estimate of drug-likeness (QED) is 0.902. The summed E-state index contributed by atoms with van der Waals surface area (Å²) in [5.41, 5.74) is 1.77. The highest BCUT2D eigenvalue weighted by Crippen LogP contribution is 2.24. The zero-order chi connectivity index (χ0) is 16.9. The van der Waals surface area contributed by atoms with Crippen molar-refractivity contribution in [3.63, 3.8) is 0 Å². The van der Waals surface area contributed by atoms with Crippen molar-refractivity contribution in [1.29, 1.82) is 0 Å². The second kappa shape index (κ2) is 7.40. The van der Waals surface area contributed by atoms with E-state index in [4.69, 9.17) is 0 Å². The lowest BCUT2D eigenvalue weighted by Crippen LogP contribution is -2.36. The van der Waals surface area contributed by atoms with Crippen molar-refractivity contribution in [3.05, 3.63) is 59.7 Å². The molecular formula is C18H20FN3O2. The Morgan fingerprint density at radius 2 is 1.96 bits per heavy atom. The fourth-order valence-corrected chi connectivity index (χ4v) is 2.81. The van der Waals surface area contributed by atoms with Gasteiger partial charge in [0.2, 0.25) is 0 Å². The Morgan fingerprint density at radius 1 is 1.25 bits per heavy atom. The van der Waals surface area contributed by atoms with Gasteiger partial charge in [-0.25, -0.2) is 4.39 Å². The number of pyridine rings is 1. The molecule has 3 rings (SSSR count). The smallest absolute Gasteiger partial charge is 0.251 e. The van der Waals surface area contributed by atoms with Crippen LogP contribution in [0.5, 0.6) is 0 Å². The van der Waals surface area contributed by atoms with Crippen molar-refractivity contribution in [2.75, 3.05) is 18.0 Å². The summed E-state index contributed by atoms with van der Waals surface area (Å²) in [4.78, 5) is 17.8. The largest absolute Gasteiger partial charge is 0.393 e. The minimum Gasteiger partial charge on any atom is -0.393 e. The predicted molar refractivity (Wildman–Crippen MR) is 89.3 cm³/mol. The number of amides is 1. The average Bonchev–Trinajstić information content (AvgIpc) is 2.61. The Balaban J connectivity index is 1.61. The van der Waals surface area contributed by atoms with E-state index in [0.717, 1.165) is 0 Å². The zero-order valence-corrected chi connectivity index (χ0v) is 13.3. The molecule has 1 aromatic heterocycles. The number of rotatable bonds is 4. The van der Waals surface area contributed by atoms with E-state index >= 15 is 0 Å². The van der Waals surface area contributed by atoms with Crippen molar-refractivity contribution in [2.45, 2.75) is 25.5 Å². The number of hydrogen-bond donors (Lipinski definition) is 2. The van der Waals surface area contributed by atoms with Crippen LogP contribution in [0.25, 0.3) is 0 Å². The summed E-state index contributed by atoms with van der Waals surface area (Å²) in [6, 6.07) is 8.26. The summed E-state index contributed by atoms with van der Waals surface area (Å²) in [5.74, 6) is -0.519. The van der Waals surface area contributed by atoms with Gasteiger partial charge in [-0.1, -0.05) is 6.07 Å². The van der Waals surface area contributed by atoms with Gasteiger partial charge in [0, 0.05) is 37.6 Å². The van der Waals surface area contributed by atoms with Crippen LogP contribution in [0.1, 0.15) is 28.8 Å². The lowest BCUT2D eigenvalue weighted by molar-refractivity contribution is 0.0950. The zero-order valence-electron chi connectivity index (χ0n) is 13.3. The summed E-state index contributed by atoms with van der Waals surface area (Å²) in [6.07, 6.45) is 4.14. The van der Waals surface area contributed by atoms with Gasteiger partial charge in [-0.3, -0.25) is 9.78 Å². The maximum absolute atomic E-state index is 14.4. The van der Waals surface area contributed by atoms with E-state index < -0.39 is 0 Å². The van der Waals surface area contributed by atoms with Gasteiger partial charge >= 0.3 is 0 Å². The maximum atomic E-state index is 14.4. The minimum atomic E-state index is -0.304. The summed E-state index contributed by atoms with van der Waals surface area (Å²) in [7, 11) is 0. The van der Waals surface area contributed by atoms with Gasteiger partial charge in [0.05, 0.1) is 11.8 Å². The first kappa shape index (κ1) is 16.4. The number of benzene rings is 1. The Hall–Kier alpha value is -2.47. The van der Waals surface area contributed by atoms with Crippen molar-refractivity contribution < 1.29 is 14.3 Å². The van der Waals surface area contributed by atoms with Crippen LogP contribution in [0.2, 0.25) is 0 Å². The standard InChI is InChI=1S/C18H20FN3O2/c19-16-11-13(12-21-18(24)14-3-7-20-8-4-14)1-2-17(16)22-9-5-15(23)6-10-22/h1-4,7-8,11,15,23H,5-6,9-10,12H2,(H,21,24). The van der Waals surface area contributed by atoms with Crippen LogP contribution < -0.4 is 10.2 Å². The molecule has 1 amide bonds. The molecule has 2 N–H and O–H groups in total. The monoisotopic (exact) mass is 329 g/mol. The number of piperidine rings is 1. The molecule has 1 aliphatic rings. The summed E-state index contributed by atoms with van der Waals surface area (Å²) < 4.78 is 14.4. The van der Waals surface area contributed by atoms with Crippen LogP contribution in [0, 0.1) is 5.82 Å². The molecule has 2 heterocycles. The highest BCUT2D eigenvalue weighted by atomic mass is 19.1. The summed E-state index contributed by atoms with van der Waals surface area (Å²) >= 11 is 0.